The average Bonchev–Trinajstić information content (AvgIpc) is 2.79. The van der Waals surface area contributed by atoms with Crippen molar-refractivity contribution in [2.45, 2.75) is 58.4 Å². The van der Waals surface area contributed by atoms with Gasteiger partial charge in [0.05, 0.1) is 0 Å². The fraction of sp³-hybridized carbons (Fsp3) is 0.526. The van der Waals surface area contributed by atoms with E-state index in [0.717, 1.165) is 36.1 Å². The second kappa shape index (κ2) is 8.54. The van der Waals surface area contributed by atoms with Gasteiger partial charge < -0.3 is 10.6 Å². The minimum atomic E-state index is -0.932. The average molecular weight is 380 g/mol. The first kappa shape index (κ1) is 20.2. The van der Waals surface area contributed by atoms with Crippen LogP contribution in [0.4, 0.5) is 10.5 Å². The molecule has 0 unspecified atom stereocenters. The van der Waals surface area contributed by atoms with Gasteiger partial charge in [0.1, 0.15) is 12.1 Å². The van der Waals surface area contributed by atoms with Gasteiger partial charge >= 0.3 is 6.03 Å². The summed E-state index contributed by atoms with van der Waals surface area (Å²) in [4.78, 5) is 38.0. The van der Waals surface area contributed by atoms with Crippen LogP contribution in [0, 0.1) is 6.92 Å². The first-order valence-electron chi connectivity index (χ1n) is 8.97. The van der Waals surface area contributed by atoms with Gasteiger partial charge in [0, 0.05) is 10.7 Å². The molecule has 0 saturated carbocycles. The number of benzene rings is 1. The lowest BCUT2D eigenvalue weighted by Gasteiger charge is -2.21. The van der Waals surface area contributed by atoms with Crippen molar-refractivity contribution < 1.29 is 14.4 Å². The fourth-order valence-corrected chi connectivity index (χ4v) is 3.16. The Balaban J connectivity index is 1.95. The number of nitrogens with zero attached hydrogens (tertiary/aromatic N) is 1. The van der Waals surface area contributed by atoms with Gasteiger partial charge in [-0.05, 0) is 38.0 Å². The van der Waals surface area contributed by atoms with Crippen molar-refractivity contribution in [2.24, 2.45) is 0 Å². The maximum absolute atomic E-state index is 12.6. The van der Waals surface area contributed by atoms with E-state index in [1.165, 1.54) is 0 Å². The molecule has 4 amide bonds. The number of rotatable bonds is 8. The summed E-state index contributed by atoms with van der Waals surface area (Å²) in [6.07, 6.45) is 4.65. The molecular weight excluding hydrogens is 354 g/mol. The highest BCUT2D eigenvalue weighted by atomic mass is 35.5. The predicted molar refractivity (Wildman–Crippen MR) is 102 cm³/mol. The fourth-order valence-electron chi connectivity index (χ4n) is 2.98. The van der Waals surface area contributed by atoms with Gasteiger partial charge in [0.25, 0.3) is 5.91 Å². The van der Waals surface area contributed by atoms with Crippen molar-refractivity contribution in [3.05, 3.63) is 28.8 Å². The number of unbranched alkanes of at least 4 members (excludes halogenated alkanes) is 3. The number of aryl methyl sites for hydroxylation is 1. The summed E-state index contributed by atoms with van der Waals surface area (Å²) >= 11 is 6.04. The SMILES string of the molecule is CCCCCC[C@@]1(C)NC(=O)N(CC(=O)Nc2ccc(C)c(Cl)c2)C1=O. The van der Waals surface area contributed by atoms with E-state index in [1.54, 1.807) is 25.1 Å². The van der Waals surface area contributed by atoms with Gasteiger partial charge in [-0.1, -0.05) is 50.3 Å². The Labute approximate surface area is 159 Å². The van der Waals surface area contributed by atoms with Gasteiger partial charge in [-0.25, -0.2) is 4.79 Å². The van der Waals surface area contributed by atoms with E-state index in [9.17, 15) is 14.4 Å². The van der Waals surface area contributed by atoms with Gasteiger partial charge in [-0.3, -0.25) is 14.5 Å². The summed E-state index contributed by atoms with van der Waals surface area (Å²) in [5.41, 5.74) is 0.496. The van der Waals surface area contributed by atoms with Gasteiger partial charge in [-0.2, -0.15) is 0 Å². The molecule has 26 heavy (non-hydrogen) atoms. The Morgan fingerprint density at radius 1 is 1.27 bits per heavy atom. The summed E-state index contributed by atoms with van der Waals surface area (Å²) in [6.45, 7) is 5.38. The highest BCUT2D eigenvalue weighted by Gasteiger charge is 2.47. The Bertz CT molecular complexity index is 707. The maximum atomic E-state index is 12.6. The van der Waals surface area contributed by atoms with Crippen molar-refractivity contribution in [3.8, 4) is 0 Å². The van der Waals surface area contributed by atoms with E-state index in [2.05, 4.69) is 17.6 Å². The number of nitrogens with one attached hydrogen (secondary N) is 2. The van der Waals surface area contributed by atoms with Gasteiger partial charge in [0.2, 0.25) is 5.91 Å². The van der Waals surface area contributed by atoms with Crippen molar-refractivity contribution >= 4 is 35.1 Å². The number of hydrogen-bond donors (Lipinski definition) is 2. The number of carbonyl (C=O) groups excluding carboxylic acids is 3. The van der Waals surface area contributed by atoms with Crippen molar-refractivity contribution in [3.63, 3.8) is 0 Å². The van der Waals surface area contributed by atoms with Crippen LogP contribution in [0.25, 0.3) is 0 Å². The monoisotopic (exact) mass is 379 g/mol. The third-order valence-electron chi connectivity index (χ3n) is 4.63. The lowest BCUT2D eigenvalue weighted by molar-refractivity contribution is -0.133. The van der Waals surface area contributed by atoms with Crippen LogP contribution in [-0.2, 0) is 9.59 Å². The minimum absolute atomic E-state index is 0.319. The van der Waals surface area contributed by atoms with E-state index in [1.807, 2.05) is 6.92 Å². The van der Waals surface area contributed by atoms with Crippen LogP contribution in [0.5, 0.6) is 0 Å². The number of halogens is 1. The zero-order chi connectivity index (χ0) is 19.3. The van der Waals surface area contributed by atoms with Crippen LogP contribution in [-0.4, -0.2) is 34.8 Å². The largest absolute Gasteiger partial charge is 0.325 e. The van der Waals surface area contributed by atoms with Crippen LogP contribution in [0.1, 0.15) is 51.5 Å². The van der Waals surface area contributed by atoms with Crippen LogP contribution < -0.4 is 10.6 Å². The van der Waals surface area contributed by atoms with Crippen LogP contribution in [0.15, 0.2) is 18.2 Å². The lowest BCUT2D eigenvalue weighted by Crippen LogP contribution is -2.44. The van der Waals surface area contributed by atoms with Crippen LogP contribution in [0.2, 0.25) is 5.02 Å². The molecule has 0 spiro atoms. The molecule has 1 atom stereocenters. The van der Waals surface area contributed by atoms with Crippen LogP contribution >= 0.6 is 11.6 Å². The molecule has 0 bridgehead atoms. The standard InChI is InChI=1S/C19H26ClN3O3/c1-4-5-6-7-10-19(3)17(25)23(18(26)22-19)12-16(24)21-14-9-8-13(2)15(20)11-14/h8-9,11H,4-7,10,12H2,1-3H3,(H,21,24)(H,22,26)/t19-/m1/s1. The number of carbonyl (C=O) groups is 3. The molecule has 1 aromatic rings. The quantitative estimate of drug-likeness (QED) is 0.531. The summed E-state index contributed by atoms with van der Waals surface area (Å²) < 4.78 is 0. The molecule has 1 aliphatic heterocycles. The topological polar surface area (TPSA) is 78.5 Å². The van der Waals surface area contributed by atoms with Crippen LogP contribution in [0.3, 0.4) is 0 Å². The molecule has 1 aliphatic rings. The molecule has 2 N–H and O–H groups in total. The number of imide groups is 1. The maximum Gasteiger partial charge on any atom is 0.325 e. The normalized spacial score (nSPS) is 19.6. The molecular formula is C19H26ClN3O3. The van der Waals surface area contributed by atoms with Gasteiger partial charge in [-0.15, -0.1) is 0 Å². The minimum Gasteiger partial charge on any atom is -0.324 e. The first-order chi connectivity index (χ1) is 12.3. The van der Waals surface area contributed by atoms with E-state index in [4.69, 9.17) is 11.6 Å². The van der Waals surface area contributed by atoms with E-state index in [0.29, 0.717) is 17.1 Å². The highest BCUT2D eigenvalue weighted by molar-refractivity contribution is 6.31. The van der Waals surface area contributed by atoms with Crippen molar-refractivity contribution in [1.82, 2.24) is 10.2 Å². The van der Waals surface area contributed by atoms with E-state index < -0.39 is 17.5 Å². The molecule has 1 saturated heterocycles. The molecule has 2 rings (SSSR count). The molecule has 0 aliphatic carbocycles. The predicted octanol–water partition coefficient (Wildman–Crippen LogP) is 3.87. The first-order valence-corrected chi connectivity index (χ1v) is 9.35. The Hall–Kier alpha value is -2.08. The second-order valence-corrected chi connectivity index (χ2v) is 7.38. The van der Waals surface area contributed by atoms with Crippen molar-refractivity contribution in [2.75, 3.05) is 11.9 Å². The summed E-state index contributed by atoms with van der Waals surface area (Å²) in [5.74, 6) is -0.792. The number of anilines is 1. The van der Waals surface area contributed by atoms with Gasteiger partial charge in [0.15, 0.2) is 0 Å². The third-order valence-corrected chi connectivity index (χ3v) is 5.04. The molecule has 1 heterocycles. The smallest absolute Gasteiger partial charge is 0.324 e. The second-order valence-electron chi connectivity index (χ2n) is 6.98. The Morgan fingerprint density at radius 3 is 2.65 bits per heavy atom. The van der Waals surface area contributed by atoms with Crippen molar-refractivity contribution in [1.29, 1.82) is 0 Å². The molecule has 1 aromatic carbocycles. The molecule has 0 aromatic heterocycles. The number of amides is 4. The Morgan fingerprint density at radius 2 is 2.00 bits per heavy atom. The lowest BCUT2D eigenvalue weighted by atomic mass is 9.94. The Kier molecular flexibility index (Phi) is 6.64. The molecule has 1 fully saturated rings. The molecule has 7 heteroatoms. The molecule has 6 nitrogen and oxygen atoms in total. The summed E-state index contributed by atoms with van der Waals surface area (Å²) in [6, 6.07) is 4.63. The summed E-state index contributed by atoms with van der Waals surface area (Å²) in [5, 5.41) is 5.94. The summed E-state index contributed by atoms with van der Waals surface area (Å²) in [7, 11) is 0. The molecule has 0 radical (unpaired) electrons. The number of hydrogen-bond acceptors (Lipinski definition) is 3. The third kappa shape index (κ3) is 4.75. The number of urea groups is 1. The zero-order valence-electron chi connectivity index (χ0n) is 15.5. The van der Waals surface area contributed by atoms with E-state index >= 15 is 0 Å². The molecule has 142 valence electrons. The zero-order valence-corrected chi connectivity index (χ0v) is 16.3. The highest BCUT2D eigenvalue weighted by Crippen LogP contribution is 2.24. The van der Waals surface area contributed by atoms with E-state index in [-0.39, 0.29) is 12.5 Å².